The molecule has 0 spiro atoms. The van der Waals surface area contributed by atoms with Gasteiger partial charge in [0, 0.05) is 5.02 Å². The second-order valence-electron chi connectivity index (χ2n) is 4.00. The Bertz CT molecular complexity index is 578. The van der Waals surface area contributed by atoms with Crippen LogP contribution in [-0.4, -0.2) is 27.3 Å². The van der Waals surface area contributed by atoms with Gasteiger partial charge in [0.05, 0.1) is 13.2 Å². The van der Waals surface area contributed by atoms with Crippen molar-refractivity contribution in [1.29, 1.82) is 0 Å². The summed E-state index contributed by atoms with van der Waals surface area (Å²) in [5, 5.41) is 8.46. The summed E-state index contributed by atoms with van der Waals surface area (Å²) in [7, 11) is 0. The van der Waals surface area contributed by atoms with Crippen molar-refractivity contribution in [3.8, 4) is 0 Å². The van der Waals surface area contributed by atoms with Gasteiger partial charge in [0.2, 0.25) is 5.82 Å². The molecule has 0 N–H and O–H groups in total. The van der Waals surface area contributed by atoms with Gasteiger partial charge in [-0.2, -0.15) is 0 Å². The molecule has 5 nitrogen and oxygen atoms in total. The van der Waals surface area contributed by atoms with Crippen molar-refractivity contribution >= 4 is 17.6 Å². The van der Waals surface area contributed by atoms with E-state index in [0.29, 0.717) is 24.0 Å². The quantitative estimate of drug-likeness (QED) is 0.807. The average Bonchev–Trinajstić information content (AvgIpc) is 2.74. The molecule has 2 rings (SSSR count). The lowest BCUT2D eigenvalue weighted by atomic mass is 10.2. The van der Waals surface area contributed by atoms with Gasteiger partial charge in [-0.1, -0.05) is 23.7 Å². The smallest absolute Gasteiger partial charge is 0.376 e. The Morgan fingerprint density at radius 1 is 1.32 bits per heavy atom. The SMILES string of the molecule is CCOC(=O)c1nnc(C)n1Cc1ccc(Cl)cc1. The lowest BCUT2D eigenvalue weighted by Gasteiger charge is -2.08. The fraction of sp³-hybridized carbons (Fsp3) is 0.308. The summed E-state index contributed by atoms with van der Waals surface area (Å²) in [5.41, 5.74) is 1.01. The monoisotopic (exact) mass is 279 g/mol. The number of hydrogen-bond donors (Lipinski definition) is 0. The zero-order valence-corrected chi connectivity index (χ0v) is 11.5. The number of hydrogen-bond acceptors (Lipinski definition) is 4. The van der Waals surface area contributed by atoms with E-state index >= 15 is 0 Å². The molecular weight excluding hydrogens is 266 g/mol. The second kappa shape index (κ2) is 5.84. The van der Waals surface area contributed by atoms with Gasteiger partial charge in [0.1, 0.15) is 5.82 Å². The van der Waals surface area contributed by atoms with Crippen LogP contribution in [-0.2, 0) is 11.3 Å². The number of esters is 1. The number of ether oxygens (including phenoxy) is 1. The molecule has 19 heavy (non-hydrogen) atoms. The number of nitrogens with zero attached hydrogens (tertiary/aromatic N) is 3. The maximum atomic E-state index is 11.8. The average molecular weight is 280 g/mol. The molecule has 0 saturated heterocycles. The van der Waals surface area contributed by atoms with E-state index in [1.165, 1.54) is 0 Å². The molecule has 0 fully saturated rings. The van der Waals surface area contributed by atoms with Crippen molar-refractivity contribution in [3.05, 3.63) is 46.5 Å². The van der Waals surface area contributed by atoms with E-state index in [4.69, 9.17) is 16.3 Å². The van der Waals surface area contributed by atoms with Crippen molar-refractivity contribution in [3.63, 3.8) is 0 Å². The third-order valence-electron chi connectivity index (χ3n) is 2.65. The van der Waals surface area contributed by atoms with Crippen LogP contribution in [0.4, 0.5) is 0 Å². The van der Waals surface area contributed by atoms with E-state index in [9.17, 15) is 4.79 Å². The zero-order valence-electron chi connectivity index (χ0n) is 10.8. The molecular formula is C13H14ClN3O2. The number of aryl methyl sites for hydroxylation is 1. The number of aromatic nitrogens is 3. The van der Waals surface area contributed by atoms with Crippen LogP contribution in [0.15, 0.2) is 24.3 Å². The number of carbonyl (C=O) groups excluding carboxylic acids is 1. The van der Waals surface area contributed by atoms with Gasteiger partial charge in [-0.15, -0.1) is 10.2 Å². The van der Waals surface area contributed by atoms with Gasteiger partial charge in [-0.3, -0.25) is 0 Å². The molecule has 1 heterocycles. The van der Waals surface area contributed by atoms with Crippen LogP contribution in [0.3, 0.4) is 0 Å². The van der Waals surface area contributed by atoms with Gasteiger partial charge in [-0.25, -0.2) is 4.79 Å². The van der Waals surface area contributed by atoms with Gasteiger partial charge >= 0.3 is 5.97 Å². The Kier molecular flexibility index (Phi) is 4.16. The number of rotatable bonds is 4. The van der Waals surface area contributed by atoms with Gasteiger partial charge in [0.15, 0.2) is 0 Å². The largest absolute Gasteiger partial charge is 0.460 e. The fourth-order valence-electron chi connectivity index (χ4n) is 1.69. The minimum absolute atomic E-state index is 0.217. The van der Waals surface area contributed by atoms with Crippen molar-refractivity contribution in [1.82, 2.24) is 14.8 Å². The maximum Gasteiger partial charge on any atom is 0.376 e. The third-order valence-corrected chi connectivity index (χ3v) is 2.90. The van der Waals surface area contributed by atoms with Crippen molar-refractivity contribution in [2.45, 2.75) is 20.4 Å². The Labute approximate surface area is 116 Å². The molecule has 1 aromatic heterocycles. The first kappa shape index (κ1) is 13.5. The van der Waals surface area contributed by atoms with E-state index in [1.54, 1.807) is 30.5 Å². The standard InChI is InChI=1S/C13H14ClN3O2/c1-3-19-13(18)12-16-15-9(2)17(12)8-10-4-6-11(14)7-5-10/h4-7H,3,8H2,1-2H3. The van der Waals surface area contributed by atoms with Crippen LogP contribution in [0.25, 0.3) is 0 Å². The van der Waals surface area contributed by atoms with Crippen molar-refractivity contribution < 1.29 is 9.53 Å². The number of benzene rings is 1. The van der Waals surface area contributed by atoms with E-state index in [-0.39, 0.29) is 5.82 Å². The molecule has 0 aliphatic heterocycles. The fourth-order valence-corrected chi connectivity index (χ4v) is 1.82. The first-order valence-corrected chi connectivity index (χ1v) is 6.31. The van der Waals surface area contributed by atoms with E-state index in [1.807, 2.05) is 12.1 Å². The van der Waals surface area contributed by atoms with Crippen LogP contribution in [0.2, 0.25) is 5.02 Å². The highest BCUT2D eigenvalue weighted by Crippen LogP contribution is 2.13. The van der Waals surface area contributed by atoms with Crippen LogP contribution in [0.1, 0.15) is 28.9 Å². The highest BCUT2D eigenvalue weighted by Gasteiger charge is 2.17. The predicted octanol–water partition coefficient (Wildman–Crippen LogP) is 2.46. The first-order chi connectivity index (χ1) is 9.11. The second-order valence-corrected chi connectivity index (χ2v) is 4.44. The van der Waals surface area contributed by atoms with Crippen molar-refractivity contribution in [2.75, 3.05) is 6.61 Å². The maximum absolute atomic E-state index is 11.8. The summed E-state index contributed by atoms with van der Waals surface area (Å²) in [6.07, 6.45) is 0. The summed E-state index contributed by atoms with van der Waals surface area (Å²) >= 11 is 5.84. The molecule has 1 aromatic carbocycles. The molecule has 0 amide bonds. The Morgan fingerprint density at radius 2 is 2.00 bits per heavy atom. The molecule has 0 radical (unpaired) electrons. The topological polar surface area (TPSA) is 57.0 Å². The molecule has 0 atom stereocenters. The molecule has 6 heteroatoms. The summed E-state index contributed by atoms with van der Waals surface area (Å²) in [6.45, 7) is 4.37. The molecule has 0 aliphatic carbocycles. The van der Waals surface area contributed by atoms with Gasteiger partial charge in [-0.05, 0) is 31.5 Å². The number of carbonyl (C=O) groups is 1. The normalized spacial score (nSPS) is 10.5. The van der Waals surface area contributed by atoms with Gasteiger partial charge in [0.25, 0.3) is 0 Å². The Morgan fingerprint density at radius 3 is 2.63 bits per heavy atom. The Balaban J connectivity index is 2.26. The lowest BCUT2D eigenvalue weighted by Crippen LogP contribution is -2.15. The molecule has 0 bridgehead atoms. The molecule has 0 unspecified atom stereocenters. The predicted molar refractivity (Wildman–Crippen MR) is 71.3 cm³/mol. The summed E-state index contributed by atoms with van der Waals surface area (Å²) in [5.74, 6) is 0.421. The van der Waals surface area contributed by atoms with Crippen LogP contribution >= 0.6 is 11.6 Å². The van der Waals surface area contributed by atoms with E-state index in [0.717, 1.165) is 5.56 Å². The summed E-state index contributed by atoms with van der Waals surface area (Å²) in [6, 6.07) is 7.41. The zero-order chi connectivity index (χ0) is 13.8. The first-order valence-electron chi connectivity index (χ1n) is 5.93. The van der Waals surface area contributed by atoms with E-state index < -0.39 is 5.97 Å². The molecule has 100 valence electrons. The van der Waals surface area contributed by atoms with Gasteiger partial charge < -0.3 is 9.30 Å². The summed E-state index contributed by atoms with van der Waals surface area (Å²) < 4.78 is 6.68. The van der Waals surface area contributed by atoms with Crippen LogP contribution in [0, 0.1) is 6.92 Å². The highest BCUT2D eigenvalue weighted by atomic mass is 35.5. The molecule has 0 aliphatic rings. The van der Waals surface area contributed by atoms with Crippen molar-refractivity contribution in [2.24, 2.45) is 0 Å². The van der Waals surface area contributed by atoms with Crippen LogP contribution < -0.4 is 0 Å². The minimum Gasteiger partial charge on any atom is -0.460 e. The molecule has 2 aromatic rings. The molecule has 0 saturated carbocycles. The summed E-state index contributed by atoms with van der Waals surface area (Å²) in [4.78, 5) is 11.8. The van der Waals surface area contributed by atoms with E-state index in [2.05, 4.69) is 10.2 Å². The third kappa shape index (κ3) is 3.12. The number of halogens is 1. The highest BCUT2D eigenvalue weighted by molar-refractivity contribution is 6.30. The lowest BCUT2D eigenvalue weighted by molar-refractivity contribution is 0.0506. The Hall–Kier alpha value is -1.88. The minimum atomic E-state index is -0.461. The van der Waals surface area contributed by atoms with Crippen LogP contribution in [0.5, 0.6) is 0 Å².